The van der Waals surface area contributed by atoms with E-state index >= 15 is 0 Å². The molecule has 0 aliphatic carbocycles. The van der Waals surface area contributed by atoms with Crippen LogP contribution in [0.25, 0.3) is 0 Å². The summed E-state index contributed by atoms with van der Waals surface area (Å²) in [5.41, 5.74) is 9.23. The number of carbonyl (C=O) groups excluding carboxylic acids is 1. The van der Waals surface area contributed by atoms with E-state index in [4.69, 9.17) is 10.8 Å². The molecule has 4 N–H and O–H groups in total. The van der Waals surface area contributed by atoms with Crippen LogP contribution >= 0.6 is 0 Å². The quantitative estimate of drug-likeness (QED) is 0.645. The van der Waals surface area contributed by atoms with E-state index in [1.807, 2.05) is 48.5 Å². The van der Waals surface area contributed by atoms with Crippen molar-refractivity contribution >= 4 is 11.9 Å². The van der Waals surface area contributed by atoms with Crippen molar-refractivity contribution in [2.24, 2.45) is 5.73 Å². The first-order valence-electron chi connectivity index (χ1n) is 8.93. The van der Waals surface area contributed by atoms with Gasteiger partial charge in [-0.1, -0.05) is 49.7 Å². The first kappa shape index (κ1) is 19.7. The minimum atomic E-state index is -1.01. The van der Waals surface area contributed by atoms with Crippen LogP contribution in [0.15, 0.2) is 48.5 Å². The van der Waals surface area contributed by atoms with Crippen molar-refractivity contribution < 1.29 is 14.7 Å². The molecule has 0 aliphatic rings. The molecule has 5 nitrogen and oxygen atoms in total. The Morgan fingerprint density at radius 2 is 1.58 bits per heavy atom. The first-order chi connectivity index (χ1) is 12.5. The maximum Gasteiger partial charge on any atom is 0.320 e. The number of aliphatic carboxylic acids is 1. The summed E-state index contributed by atoms with van der Waals surface area (Å²) in [5, 5.41) is 11.7. The maximum absolute atomic E-state index is 12.2. The third-order valence-electron chi connectivity index (χ3n) is 4.28. The Bertz CT molecular complexity index is 724. The maximum atomic E-state index is 12.2. The number of nitrogens with one attached hydrogen (secondary N) is 1. The van der Waals surface area contributed by atoms with Crippen LogP contribution < -0.4 is 11.1 Å². The molecule has 0 aliphatic heterocycles. The minimum absolute atomic E-state index is 0.107. The molecule has 0 radical (unpaired) electrons. The summed E-state index contributed by atoms with van der Waals surface area (Å²) in [6, 6.07) is 14.3. The summed E-state index contributed by atoms with van der Waals surface area (Å²) in [4.78, 5) is 23.0. The van der Waals surface area contributed by atoms with Gasteiger partial charge in [-0.25, -0.2) is 0 Å². The molecular formula is C21H26N2O3. The van der Waals surface area contributed by atoms with Crippen LogP contribution in [-0.4, -0.2) is 23.0 Å². The Morgan fingerprint density at radius 1 is 1.00 bits per heavy atom. The second-order valence-corrected chi connectivity index (χ2v) is 6.45. The van der Waals surface area contributed by atoms with Crippen LogP contribution in [0, 0.1) is 0 Å². The van der Waals surface area contributed by atoms with E-state index in [-0.39, 0.29) is 12.3 Å². The van der Waals surface area contributed by atoms with E-state index in [1.54, 1.807) is 0 Å². The minimum Gasteiger partial charge on any atom is -0.480 e. The average molecular weight is 354 g/mol. The SMILES string of the molecule is CCCCc1ccc(C(=O)NCc2ccc(CC(N)C(=O)O)cc2)cc1. The zero-order valence-electron chi connectivity index (χ0n) is 15.1. The number of hydrogen-bond acceptors (Lipinski definition) is 3. The van der Waals surface area contributed by atoms with Crippen molar-refractivity contribution in [2.45, 2.75) is 45.2 Å². The number of carboxylic acids is 1. The molecule has 1 atom stereocenters. The van der Waals surface area contributed by atoms with Crippen LogP contribution in [0.3, 0.4) is 0 Å². The summed E-state index contributed by atoms with van der Waals surface area (Å²) in [5.74, 6) is -1.12. The molecule has 1 unspecified atom stereocenters. The Kier molecular flexibility index (Phi) is 7.36. The lowest BCUT2D eigenvalue weighted by Gasteiger charge is -2.09. The molecule has 0 saturated carbocycles. The van der Waals surface area contributed by atoms with Gasteiger partial charge in [0.2, 0.25) is 0 Å². The second-order valence-electron chi connectivity index (χ2n) is 6.45. The molecule has 0 spiro atoms. The summed E-state index contributed by atoms with van der Waals surface area (Å²) in [6.45, 7) is 2.58. The fourth-order valence-corrected chi connectivity index (χ4v) is 2.62. The smallest absolute Gasteiger partial charge is 0.320 e. The first-order valence-corrected chi connectivity index (χ1v) is 8.93. The Balaban J connectivity index is 1.85. The predicted molar refractivity (Wildman–Crippen MR) is 102 cm³/mol. The van der Waals surface area contributed by atoms with Crippen LogP contribution in [0.5, 0.6) is 0 Å². The normalized spacial score (nSPS) is 11.8. The van der Waals surface area contributed by atoms with Gasteiger partial charge in [-0.15, -0.1) is 0 Å². The van der Waals surface area contributed by atoms with Gasteiger partial charge >= 0.3 is 5.97 Å². The van der Waals surface area contributed by atoms with Crippen molar-refractivity contribution in [3.8, 4) is 0 Å². The fourth-order valence-electron chi connectivity index (χ4n) is 2.62. The number of carbonyl (C=O) groups is 2. The number of nitrogens with two attached hydrogens (primary N) is 1. The van der Waals surface area contributed by atoms with Gasteiger partial charge in [0, 0.05) is 12.1 Å². The molecule has 0 fully saturated rings. The van der Waals surface area contributed by atoms with Crippen LogP contribution in [-0.2, 0) is 24.2 Å². The van der Waals surface area contributed by atoms with Crippen molar-refractivity contribution in [3.05, 3.63) is 70.8 Å². The van der Waals surface area contributed by atoms with E-state index < -0.39 is 12.0 Å². The van der Waals surface area contributed by atoms with Crippen molar-refractivity contribution in [3.63, 3.8) is 0 Å². The summed E-state index contributed by atoms with van der Waals surface area (Å²) in [6.07, 6.45) is 3.63. The zero-order valence-corrected chi connectivity index (χ0v) is 15.1. The highest BCUT2D eigenvalue weighted by atomic mass is 16.4. The molecule has 2 rings (SSSR count). The highest BCUT2D eigenvalue weighted by molar-refractivity contribution is 5.94. The summed E-state index contributed by atoms with van der Waals surface area (Å²) >= 11 is 0. The summed E-state index contributed by atoms with van der Waals surface area (Å²) in [7, 11) is 0. The highest BCUT2D eigenvalue weighted by Crippen LogP contribution is 2.09. The topological polar surface area (TPSA) is 92.4 Å². The van der Waals surface area contributed by atoms with Crippen molar-refractivity contribution in [1.29, 1.82) is 0 Å². The molecule has 0 aromatic heterocycles. The lowest BCUT2D eigenvalue weighted by Crippen LogP contribution is -2.32. The third kappa shape index (κ3) is 6.01. The van der Waals surface area contributed by atoms with E-state index in [1.165, 1.54) is 5.56 Å². The van der Waals surface area contributed by atoms with Gasteiger partial charge in [0.05, 0.1) is 0 Å². The molecule has 0 saturated heterocycles. The molecule has 0 heterocycles. The Labute approximate surface area is 154 Å². The fraction of sp³-hybridized carbons (Fsp3) is 0.333. The van der Waals surface area contributed by atoms with Gasteiger partial charge < -0.3 is 16.2 Å². The lowest BCUT2D eigenvalue weighted by atomic mass is 10.0. The van der Waals surface area contributed by atoms with Crippen LogP contribution in [0.2, 0.25) is 0 Å². The number of hydrogen-bond donors (Lipinski definition) is 3. The second kappa shape index (κ2) is 9.73. The average Bonchev–Trinajstić information content (AvgIpc) is 2.65. The number of aryl methyl sites for hydroxylation is 1. The largest absolute Gasteiger partial charge is 0.480 e. The van der Waals surface area contributed by atoms with Crippen molar-refractivity contribution in [1.82, 2.24) is 5.32 Å². The third-order valence-corrected chi connectivity index (χ3v) is 4.28. The Morgan fingerprint density at radius 3 is 2.15 bits per heavy atom. The van der Waals surface area contributed by atoms with Gasteiger partial charge in [-0.05, 0) is 48.1 Å². The van der Waals surface area contributed by atoms with E-state index in [9.17, 15) is 9.59 Å². The van der Waals surface area contributed by atoms with Gasteiger partial charge in [-0.3, -0.25) is 9.59 Å². The highest BCUT2D eigenvalue weighted by Gasteiger charge is 2.12. The zero-order chi connectivity index (χ0) is 18.9. The Hall–Kier alpha value is -2.66. The monoisotopic (exact) mass is 354 g/mol. The van der Waals surface area contributed by atoms with Gasteiger partial charge in [0.25, 0.3) is 5.91 Å². The number of unbranched alkanes of at least 4 members (excludes halogenated alkanes) is 1. The van der Waals surface area contributed by atoms with Crippen molar-refractivity contribution in [2.75, 3.05) is 0 Å². The molecule has 2 aromatic rings. The summed E-state index contributed by atoms with van der Waals surface area (Å²) < 4.78 is 0. The molecule has 5 heteroatoms. The molecule has 1 amide bonds. The predicted octanol–water partition coefficient (Wildman–Crippen LogP) is 2.91. The van der Waals surface area contributed by atoms with Crippen LogP contribution in [0.1, 0.15) is 46.8 Å². The van der Waals surface area contributed by atoms with Gasteiger partial charge in [0.15, 0.2) is 0 Å². The number of carboxylic acid groups (broad SMARTS) is 1. The lowest BCUT2D eigenvalue weighted by molar-refractivity contribution is -0.138. The molecule has 138 valence electrons. The number of rotatable bonds is 9. The van der Waals surface area contributed by atoms with E-state index in [2.05, 4.69) is 12.2 Å². The van der Waals surface area contributed by atoms with E-state index in [0.29, 0.717) is 12.1 Å². The standard InChI is InChI=1S/C21H26N2O3/c1-2-3-4-15-9-11-18(12-10-15)20(24)23-14-17-7-5-16(6-8-17)13-19(22)21(25)26/h5-12,19H,2-4,13-14,22H2,1H3,(H,23,24)(H,25,26). The molecule has 2 aromatic carbocycles. The molecular weight excluding hydrogens is 328 g/mol. The number of amides is 1. The van der Waals surface area contributed by atoms with E-state index in [0.717, 1.165) is 30.4 Å². The molecule has 26 heavy (non-hydrogen) atoms. The van der Waals surface area contributed by atoms with Gasteiger partial charge in [-0.2, -0.15) is 0 Å². The number of benzene rings is 2. The molecule has 0 bridgehead atoms. The van der Waals surface area contributed by atoms with Gasteiger partial charge in [0.1, 0.15) is 6.04 Å². The van der Waals surface area contributed by atoms with Crippen LogP contribution in [0.4, 0.5) is 0 Å².